The molecule has 1 N–H and O–H groups in total. The minimum absolute atomic E-state index is 0.157. The molecule has 1 aromatic heterocycles. The number of halogens is 1. The fourth-order valence-electron chi connectivity index (χ4n) is 2.32. The lowest BCUT2D eigenvalue weighted by Crippen LogP contribution is -2.11. The second-order valence-corrected chi connectivity index (χ2v) is 5.52. The Morgan fingerprint density at radius 3 is 2.68 bits per heavy atom. The highest BCUT2D eigenvalue weighted by Gasteiger charge is 2.12. The first-order valence-corrected chi connectivity index (χ1v) is 8.01. The maximum absolute atomic E-state index is 12.9. The summed E-state index contributed by atoms with van der Waals surface area (Å²) in [4.78, 5) is 12.3. The molecule has 1 heterocycles. The van der Waals surface area contributed by atoms with Gasteiger partial charge in [0.1, 0.15) is 23.9 Å². The SMILES string of the molecule is CCc1cccc(NC(=O)c2ccc(COc3ccc(F)cc3)o2)c1. The van der Waals surface area contributed by atoms with E-state index in [2.05, 4.69) is 12.2 Å². The summed E-state index contributed by atoms with van der Waals surface area (Å²) >= 11 is 0. The molecule has 0 aliphatic rings. The van der Waals surface area contributed by atoms with Crippen molar-refractivity contribution in [3.63, 3.8) is 0 Å². The number of hydrogen-bond donors (Lipinski definition) is 1. The third-order valence-corrected chi connectivity index (χ3v) is 3.67. The number of carbonyl (C=O) groups excluding carboxylic acids is 1. The summed E-state index contributed by atoms with van der Waals surface area (Å²) in [6.45, 7) is 2.21. The third kappa shape index (κ3) is 4.47. The average molecular weight is 339 g/mol. The zero-order valence-corrected chi connectivity index (χ0v) is 13.8. The van der Waals surface area contributed by atoms with Gasteiger partial charge in [0.05, 0.1) is 0 Å². The van der Waals surface area contributed by atoms with Crippen LogP contribution in [0.25, 0.3) is 0 Å². The van der Waals surface area contributed by atoms with Gasteiger partial charge in [-0.25, -0.2) is 4.39 Å². The van der Waals surface area contributed by atoms with E-state index in [0.717, 1.165) is 17.7 Å². The number of furan rings is 1. The fourth-order valence-corrected chi connectivity index (χ4v) is 2.32. The third-order valence-electron chi connectivity index (χ3n) is 3.67. The first-order chi connectivity index (χ1) is 12.1. The van der Waals surface area contributed by atoms with Gasteiger partial charge in [0, 0.05) is 5.69 Å². The summed E-state index contributed by atoms with van der Waals surface area (Å²) < 4.78 is 23.9. The molecule has 3 aromatic rings. The standard InChI is InChI=1S/C20H18FNO3/c1-2-14-4-3-5-16(12-14)22-20(23)19-11-10-18(25-19)13-24-17-8-6-15(21)7-9-17/h3-12H,2,13H2,1H3,(H,22,23). The lowest BCUT2D eigenvalue weighted by Gasteiger charge is -2.05. The Labute approximate surface area is 145 Å². The number of rotatable bonds is 6. The smallest absolute Gasteiger partial charge is 0.291 e. The molecule has 128 valence electrons. The number of benzene rings is 2. The predicted molar refractivity (Wildman–Crippen MR) is 93.2 cm³/mol. The second kappa shape index (κ2) is 7.66. The van der Waals surface area contributed by atoms with Crippen LogP contribution < -0.4 is 10.1 Å². The number of nitrogens with one attached hydrogen (secondary N) is 1. The summed E-state index contributed by atoms with van der Waals surface area (Å²) in [6.07, 6.45) is 0.898. The van der Waals surface area contributed by atoms with Gasteiger partial charge in [0.15, 0.2) is 5.76 Å². The van der Waals surface area contributed by atoms with Crippen LogP contribution >= 0.6 is 0 Å². The number of hydrogen-bond acceptors (Lipinski definition) is 3. The Kier molecular flexibility index (Phi) is 5.14. The topological polar surface area (TPSA) is 51.5 Å². The van der Waals surface area contributed by atoms with Gasteiger partial charge in [-0.2, -0.15) is 0 Å². The van der Waals surface area contributed by atoms with E-state index in [4.69, 9.17) is 9.15 Å². The van der Waals surface area contributed by atoms with Gasteiger partial charge in [-0.15, -0.1) is 0 Å². The van der Waals surface area contributed by atoms with E-state index in [1.807, 2.05) is 24.3 Å². The van der Waals surface area contributed by atoms with Crippen molar-refractivity contribution >= 4 is 11.6 Å². The number of amides is 1. The minimum Gasteiger partial charge on any atom is -0.486 e. The van der Waals surface area contributed by atoms with Crippen molar-refractivity contribution in [1.82, 2.24) is 0 Å². The van der Waals surface area contributed by atoms with Crippen molar-refractivity contribution in [3.05, 3.63) is 83.6 Å². The quantitative estimate of drug-likeness (QED) is 0.701. The molecule has 3 rings (SSSR count). The summed E-state index contributed by atoms with van der Waals surface area (Å²) in [5, 5.41) is 2.81. The van der Waals surface area contributed by atoms with Crippen LogP contribution in [-0.2, 0) is 13.0 Å². The van der Waals surface area contributed by atoms with Gasteiger partial charge < -0.3 is 14.5 Å². The van der Waals surface area contributed by atoms with Crippen LogP contribution in [-0.4, -0.2) is 5.91 Å². The van der Waals surface area contributed by atoms with Crippen molar-refractivity contribution in [2.24, 2.45) is 0 Å². The summed E-state index contributed by atoms with van der Waals surface area (Å²) in [7, 11) is 0. The molecular formula is C20H18FNO3. The highest BCUT2D eigenvalue weighted by molar-refractivity contribution is 6.02. The first-order valence-electron chi connectivity index (χ1n) is 8.01. The first kappa shape index (κ1) is 16.8. The van der Waals surface area contributed by atoms with Crippen molar-refractivity contribution in [3.8, 4) is 5.75 Å². The molecule has 0 saturated heterocycles. The Morgan fingerprint density at radius 2 is 1.92 bits per heavy atom. The van der Waals surface area contributed by atoms with Gasteiger partial charge in [-0.05, 0) is 60.5 Å². The minimum atomic E-state index is -0.323. The second-order valence-electron chi connectivity index (χ2n) is 5.52. The van der Waals surface area contributed by atoms with Crippen LogP contribution in [0.3, 0.4) is 0 Å². The highest BCUT2D eigenvalue weighted by Crippen LogP contribution is 2.17. The maximum Gasteiger partial charge on any atom is 0.291 e. The van der Waals surface area contributed by atoms with Gasteiger partial charge in [0.25, 0.3) is 5.91 Å². The fraction of sp³-hybridized carbons (Fsp3) is 0.150. The van der Waals surface area contributed by atoms with Crippen molar-refractivity contribution in [1.29, 1.82) is 0 Å². The molecule has 0 fully saturated rings. The monoisotopic (exact) mass is 339 g/mol. The molecule has 0 atom stereocenters. The van der Waals surface area contributed by atoms with E-state index in [-0.39, 0.29) is 24.1 Å². The van der Waals surface area contributed by atoms with Crippen molar-refractivity contribution in [2.75, 3.05) is 5.32 Å². The van der Waals surface area contributed by atoms with Crippen molar-refractivity contribution < 1.29 is 18.3 Å². The molecule has 2 aromatic carbocycles. The molecule has 0 aliphatic heterocycles. The summed E-state index contributed by atoms with van der Waals surface area (Å²) in [5.74, 6) is 0.606. The normalized spacial score (nSPS) is 10.5. The molecule has 1 amide bonds. The number of ether oxygens (including phenoxy) is 1. The Balaban J connectivity index is 1.60. The van der Waals surface area contributed by atoms with E-state index >= 15 is 0 Å². The zero-order valence-electron chi connectivity index (χ0n) is 13.8. The molecule has 5 heteroatoms. The molecule has 0 unspecified atom stereocenters. The Bertz CT molecular complexity index is 855. The molecule has 0 spiro atoms. The zero-order chi connectivity index (χ0) is 17.6. The number of aryl methyl sites for hydroxylation is 1. The maximum atomic E-state index is 12.9. The summed E-state index contributed by atoms with van der Waals surface area (Å²) in [5.41, 5.74) is 1.87. The lowest BCUT2D eigenvalue weighted by atomic mass is 10.1. The van der Waals surface area contributed by atoms with Crippen molar-refractivity contribution in [2.45, 2.75) is 20.0 Å². The highest BCUT2D eigenvalue weighted by atomic mass is 19.1. The molecular weight excluding hydrogens is 321 g/mol. The van der Waals surface area contributed by atoms with Gasteiger partial charge >= 0.3 is 0 Å². The molecule has 0 bridgehead atoms. The molecule has 4 nitrogen and oxygen atoms in total. The van der Waals surface area contributed by atoms with E-state index in [9.17, 15) is 9.18 Å². The van der Waals surface area contributed by atoms with Crippen LogP contribution in [0.5, 0.6) is 5.75 Å². The van der Waals surface area contributed by atoms with Crippen LogP contribution in [0.15, 0.2) is 65.1 Å². The molecule has 25 heavy (non-hydrogen) atoms. The molecule has 0 aliphatic carbocycles. The van der Waals surface area contributed by atoms with Crippen LogP contribution in [0.1, 0.15) is 28.8 Å². The number of anilines is 1. The molecule has 0 radical (unpaired) electrons. The lowest BCUT2D eigenvalue weighted by molar-refractivity contribution is 0.0992. The Morgan fingerprint density at radius 1 is 1.12 bits per heavy atom. The van der Waals surface area contributed by atoms with Crippen LogP contribution in [0, 0.1) is 5.82 Å². The molecule has 0 saturated carbocycles. The Hall–Kier alpha value is -3.08. The van der Waals surface area contributed by atoms with E-state index < -0.39 is 0 Å². The van der Waals surface area contributed by atoms with Gasteiger partial charge in [0.2, 0.25) is 0 Å². The van der Waals surface area contributed by atoms with E-state index in [0.29, 0.717) is 11.5 Å². The average Bonchev–Trinajstić information content (AvgIpc) is 3.10. The van der Waals surface area contributed by atoms with E-state index in [1.165, 1.54) is 24.3 Å². The van der Waals surface area contributed by atoms with E-state index in [1.54, 1.807) is 12.1 Å². The largest absolute Gasteiger partial charge is 0.486 e. The van der Waals surface area contributed by atoms with Gasteiger partial charge in [-0.3, -0.25) is 4.79 Å². The van der Waals surface area contributed by atoms with Crippen LogP contribution in [0.4, 0.5) is 10.1 Å². The number of carbonyl (C=O) groups is 1. The summed E-state index contributed by atoms with van der Waals surface area (Å²) in [6, 6.07) is 16.7. The predicted octanol–water partition coefficient (Wildman–Crippen LogP) is 4.81. The van der Waals surface area contributed by atoms with Gasteiger partial charge in [-0.1, -0.05) is 19.1 Å². The van der Waals surface area contributed by atoms with Crippen LogP contribution in [0.2, 0.25) is 0 Å².